The van der Waals surface area contributed by atoms with Gasteiger partial charge in [0.05, 0.1) is 6.20 Å². The van der Waals surface area contributed by atoms with Gasteiger partial charge < -0.3 is 5.11 Å². The molecule has 0 saturated carbocycles. The smallest absolute Gasteiger partial charge is 0.325 e. The molecule has 0 aromatic carbocycles. The molecular weight excluding hydrogens is 258 g/mol. The molecule has 1 rings (SSSR count). The molecule has 1 aromatic rings. The molecule has 7 nitrogen and oxygen atoms in total. The van der Waals surface area contributed by atoms with E-state index in [1.165, 1.54) is 6.20 Å². The molecule has 0 fully saturated rings. The molecule has 1 aromatic heterocycles. The topological polar surface area (TPSA) is 101 Å². The summed E-state index contributed by atoms with van der Waals surface area (Å²) in [4.78, 5) is 10.4. The average Bonchev–Trinajstić information content (AvgIpc) is 2.65. The van der Waals surface area contributed by atoms with Crippen LogP contribution in [0.1, 0.15) is 26.7 Å². The summed E-state index contributed by atoms with van der Waals surface area (Å²) in [5, 5.41) is 12.3. The maximum atomic E-state index is 11.9. The van der Waals surface area contributed by atoms with Gasteiger partial charge in [-0.2, -0.15) is 5.10 Å². The van der Waals surface area contributed by atoms with Gasteiger partial charge in [-0.15, -0.1) is 0 Å². The first-order valence-corrected chi connectivity index (χ1v) is 7.10. The molecule has 0 aliphatic heterocycles. The quantitative estimate of drug-likeness (QED) is 0.751. The highest BCUT2D eigenvalue weighted by atomic mass is 32.2. The van der Waals surface area contributed by atoms with E-state index in [0.29, 0.717) is 0 Å². The number of carboxylic acid groups (broad SMARTS) is 1. The predicted molar refractivity (Wildman–Crippen MR) is 64.6 cm³/mol. The van der Waals surface area contributed by atoms with Crippen LogP contribution in [0, 0.1) is 0 Å². The van der Waals surface area contributed by atoms with Crippen LogP contribution in [0.5, 0.6) is 0 Å². The molecule has 0 aliphatic carbocycles. The standard InChI is InChI=1S/C10H17N3O4S/c1-3-4-8(2)12-18(16,17)9-5-11-13(6-9)7-10(14)15/h5-6,8,12H,3-4,7H2,1-2H3,(H,14,15). The van der Waals surface area contributed by atoms with E-state index in [2.05, 4.69) is 9.82 Å². The van der Waals surface area contributed by atoms with Crippen molar-refractivity contribution in [2.75, 3.05) is 0 Å². The molecule has 2 N–H and O–H groups in total. The van der Waals surface area contributed by atoms with E-state index >= 15 is 0 Å². The maximum Gasteiger partial charge on any atom is 0.325 e. The Morgan fingerprint density at radius 3 is 2.83 bits per heavy atom. The molecule has 8 heteroatoms. The van der Waals surface area contributed by atoms with Crippen molar-refractivity contribution in [3.63, 3.8) is 0 Å². The highest BCUT2D eigenvalue weighted by Crippen LogP contribution is 2.09. The molecule has 1 atom stereocenters. The van der Waals surface area contributed by atoms with Crippen molar-refractivity contribution < 1.29 is 18.3 Å². The van der Waals surface area contributed by atoms with Crippen LogP contribution < -0.4 is 4.72 Å². The Balaban J connectivity index is 2.79. The highest BCUT2D eigenvalue weighted by Gasteiger charge is 2.19. The summed E-state index contributed by atoms with van der Waals surface area (Å²) in [6.07, 6.45) is 3.96. The van der Waals surface area contributed by atoms with Gasteiger partial charge in [-0.3, -0.25) is 9.48 Å². The van der Waals surface area contributed by atoms with E-state index in [0.717, 1.165) is 23.7 Å². The average molecular weight is 275 g/mol. The van der Waals surface area contributed by atoms with Crippen molar-refractivity contribution in [3.05, 3.63) is 12.4 Å². The predicted octanol–water partition coefficient (Wildman–Crippen LogP) is 0.435. The number of carboxylic acids is 1. The first kappa shape index (κ1) is 14.7. The normalized spacial score (nSPS) is 13.4. The van der Waals surface area contributed by atoms with Crippen molar-refractivity contribution >= 4 is 16.0 Å². The molecule has 1 heterocycles. The first-order chi connectivity index (χ1) is 8.35. The molecule has 1 unspecified atom stereocenters. The summed E-state index contributed by atoms with van der Waals surface area (Å²) in [5.74, 6) is -1.07. The third kappa shape index (κ3) is 4.11. The number of hydrogen-bond acceptors (Lipinski definition) is 4. The zero-order valence-corrected chi connectivity index (χ0v) is 11.1. The number of aromatic nitrogens is 2. The van der Waals surface area contributed by atoms with E-state index in [1.54, 1.807) is 6.92 Å². The fourth-order valence-corrected chi connectivity index (χ4v) is 2.76. The Morgan fingerprint density at radius 1 is 1.61 bits per heavy atom. The SMILES string of the molecule is CCCC(C)NS(=O)(=O)c1cnn(CC(=O)O)c1. The maximum absolute atomic E-state index is 11.9. The molecule has 18 heavy (non-hydrogen) atoms. The third-order valence-electron chi connectivity index (χ3n) is 2.30. The van der Waals surface area contributed by atoms with E-state index in [4.69, 9.17) is 5.11 Å². The lowest BCUT2D eigenvalue weighted by atomic mass is 10.2. The van der Waals surface area contributed by atoms with Crippen LogP contribution >= 0.6 is 0 Å². The Hall–Kier alpha value is -1.41. The van der Waals surface area contributed by atoms with E-state index in [-0.39, 0.29) is 17.5 Å². The minimum absolute atomic E-state index is 0.0216. The monoisotopic (exact) mass is 275 g/mol. The second-order valence-corrected chi connectivity index (χ2v) is 5.79. The molecule has 0 radical (unpaired) electrons. The third-order valence-corrected chi connectivity index (χ3v) is 3.84. The van der Waals surface area contributed by atoms with Crippen LogP contribution in [0.3, 0.4) is 0 Å². The molecule has 0 spiro atoms. The number of aliphatic carboxylic acids is 1. The van der Waals surface area contributed by atoms with Gasteiger partial charge in [-0.05, 0) is 13.3 Å². The van der Waals surface area contributed by atoms with Gasteiger partial charge in [-0.1, -0.05) is 13.3 Å². The summed E-state index contributed by atoms with van der Waals surface area (Å²) < 4.78 is 27.4. The van der Waals surface area contributed by atoms with Crippen molar-refractivity contribution in [3.8, 4) is 0 Å². The summed E-state index contributed by atoms with van der Waals surface area (Å²) in [5.41, 5.74) is 0. The first-order valence-electron chi connectivity index (χ1n) is 5.61. The van der Waals surface area contributed by atoms with Gasteiger partial charge in [0.15, 0.2) is 0 Å². The van der Waals surface area contributed by atoms with Crippen molar-refractivity contribution in [1.82, 2.24) is 14.5 Å². The van der Waals surface area contributed by atoms with Crippen LogP contribution in [-0.4, -0.2) is 35.3 Å². The highest BCUT2D eigenvalue weighted by molar-refractivity contribution is 7.89. The Bertz CT molecular complexity index is 509. The molecule has 0 aliphatic rings. The van der Waals surface area contributed by atoms with Crippen molar-refractivity contribution in [2.24, 2.45) is 0 Å². The van der Waals surface area contributed by atoms with Crippen LogP contribution in [-0.2, 0) is 21.4 Å². The van der Waals surface area contributed by atoms with Gasteiger partial charge in [0.2, 0.25) is 10.0 Å². The zero-order chi connectivity index (χ0) is 13.8. The zero-order valence-electron chi connectivity index (χ0n) is 10.3. The van der Waals surface area contributed by atoms with Crippen LogP contribution in [0.2, 0.25) is 0 Å². The van der Waals surface area contributed by atoms with Crippen LogP contribution in [0.15, 0.2) is 17.3 Å². The minimum atomic E-state index is -3.62. The fourth-order valence-electron chi connectivity index (χ4n) is 1.53. The lowest BCUT2D eigenvalue weighted by Crippen LogP contribution is -2.32. The second kappa shape index (κ2) is 5.96. The summed E-state index contributed by atoms with van der Waals surface area (Å²) in [6.45, 7) is 3.39. The summed E-state index contributed by atoms with van der Waals surface area (Å²) >= 11 is 0. The van der Waals surface area contributed by atoms with Gasteiger partial charge >= 0.3 is 5.97 Å². The number of sulfonamides is 1. The van der Waals surface area contributed by atoms with Gasteiger partial charge in [0.25, 0.3) is 0 Å². The number of rotatable bonds is 7. The number of carbonyl (C=O) groups is 1. The minimum Gasteiger partial charge on any atom is -0.480 e. The molecule has 0 amide bonds. The summed E-state index contributed by atoms with van der Waals surface area (Å²) in [6, 6.07) is -0.164. The van der Waals surface area contributed by atoms with E-state index < -0.39 is 16.0 Å². The largest absolute Gasteiger partial charge is 0.480 e. The Labute approximate surface area is 106 Å². The van der Waals surface area contributed by atoms with E-state index in [1.807, 2.05) is 6.92 Å². The number of nitrogens with one attached hydrogen (secondary N) is 1. The molecular formula is C10H17N3O4S. The Kier molecular flexibility index (Phi) is 4.85. The van der Waals surface area contributed by atoms with Crippen LogP contribution in [0.25, 0.3) is 0 Å². The molecule has 0 bridgehead atoms. The van der Waals surface area contributed by atoms with Crippen molar-refractivity contribution in [1.29, 1.82) is 0 Å². The number of nitrogens with zero attached hydrogens (tertiary/aromatic N) is 2. The molecule has 102 valence electrons. The lowest BCUT2D eigenvalue weighted by Gasteiger charge is -2.11. The van der Waals surface area contributed by atoms with E-state index in [9.17, 15) is 13.2 Å². The number of hydrogen-bond donors (Lipinski definition) is 2. The van der Waals surface area contributed by atoms with Gasteiger partial charge in [0, 0.05) is 12.2 Å². The van der Waals surface area contributed by atoms with Crippen molar-refractivity contribution in [2.45, 2.75) is 44.2 Å². The van der Waals surface area contributed by atoms with Gasteiger partial charge in [0.1, 0.15) is 11.4 Å². The lowest BCUT2D eigenvalue weighted by molar-refractivity contribution is -0.137. The second-order valence-electron chi connectivity index (χ2n) is 4.08. The summed E-state index contributed by atoms with van der Waals surface area (Å²) in [7, 11) is -3.62. The van der Waals surface area contributed by atoms with Crippen LogP contribution in [0.4, 0.5) is 0 Å². The molecule has 0 saturated heterocycles. The Morgan fingerprint density at radius 2 is 2.28 bits per heavy atom. The van der Waals surface area contributed by atoms with Gasteiger partial charge in [-0.25, -0.2) is 13.1 Å². The fraction of sp³-hybridized carbons (Fsp3) is 0.600.